The Morgan fingerprint density at radius 1 is 1.12 bits per heavy atom. The van der Waals surface area contributed by atoms with Gasteiger partial charge in [0.2, 0.25) is 5.91 Å². The van der Waals surface area contributed by atoms with Crippen LogP contribution in [0.3, 0.4) is 0 Å². The number of carbonyl (C=O) groups excluding carboxylic acids is 1. The van der Waals surface area contributed by atoms with Crippen molar-refractivity contribution in [3.05, 3.63) is 59.5 Å². The fourth-order valence-electron chi connectivity index (χ4n) is 4.33. The van der Waals surface area contributed by atoms with Crippen LogP contribution in [0.1, 0.15) is 42.6 Å². The fraction of sp³-hybridized carbons (Fsp3) is 0.476. The highest BCUT2D eigenvalue weighted by Crippen LogP contribution is 2.38. The Morgan fingerprint density at radius 2 is 1.88 bits per heavy atom. The van der Waals surface area contributed by atoms with Crippen LogP contribution in [0.25, 0.3) is 0 Å². The standard InChI is InChI=1S/C21H25NO4/c23-19(20(10-13-25-14-11-20)16-5-2-1-3-6-16)22-15-21(24)9-4-7-18-17(21)8-12-26-18/h1-3,5-6,8,12,24H,4,7,9-11,13-15H2,(H,22,23). The molecule has 2 heterocycles. The van der Waals surface area contributed by atoms with Crippen molar-refractivity contribution in [3.63, 3.8) is 0 Å². The number of rotatable bonds is 4. The third-order valence-electron chi connectivity index (χ3n) is 5.89. The molecule has 1 unspecified atom stereocenters. The van der Waals surface area contributed by atoms with Crippen LogP contribution in [0.4, 0.5) is 0 Å². The second kappa shape index (κ2) is 6.89. The first-order chi connectivity index (χ1) is 12.6. The van der Waals surface area contributed by atoms with Crippen LogP contribution in [0.2, 0.25) is 0 Å². The number of furan rings is 1. The summed E-state index contributed by atoms with van der Waals surface area (Å²) in [5.41, 5.74) is 0.175. The van der Waals surface area contributed by atoms with E-state index in [1.165, 1.54) is 0 Å². The number of hydrogen-bond acceptors (Lipinski definition) is 4. The highest BCUT2D eigenvalue weighted by Gasteiger charge is 2.43. The summed E-state index contributed by atoms with van der Waals surface area (Å²) in [6.45, 7) is 1.34. The van der Waals surface area contributed by atoms with Gasteiger partial charge < -0.3 is 19.6 Å². The Balaban J connectivity index is 1.55. The van der Waals surface area contributed by atoms with Gasteiger partial charge >= 0.3 is 0 Å². The number of aliphatic hydroxyl groups is 1. The minimum atomic E-state index is -1.06. The molecule has 5 nitrogen and oxygen atoms in total. The predicted octanol–water partition coefficient (Wildman–Crippen LogP) is 2.67. The number of hydrogen-bond donors (Lipinski definition) is 2. The molecule has 1 aromatic carbocycles. The van der Waals surface area contributed by atoms with Crippen molar-refractivity contribution >= 4 is 5.91 Å². The van der Waals surface area contributed by atoms with E-state index in [1.54, 1.807) is 6.26 Å². The lowest BCUT2D eigenvalue weighted by Crippen LogP contribution is -2.52. The van der Waals surface area contributed by atoms with Crippen LogP contribution in [0, 0.1) is 0 Å². The molecule has 2 aromatic rings. The number of ether oxygens (including phenoxy) is 1. The van der Waals surface area contributed by atoms with E-state index in [0.29, 0.717) is 32.5 Å². The summed E-state index contributed by atoms with van der Waals surface area (Å²) in [4.78, 5) is 13.3. The average molecular weight is 355 g/mol. The third-order valence-corrected chi connectivity index (χ3v) is 5.89. The molecule has 0 bridgehead atoms. The van der Waals surface area contributed by atoms with Crippen molar-refractivity contribution < 1.29 is 19.1 Å². The number of amides is 1. The van der Waals surface area contributed by atoms with E-state index in [0.717, 1.165) is 29.7 Å². The van der Waals surface area contributed by atoms with Gasteiger partial charge in [0.15, 0.2) is 0 Å². The van der Waals surface area contributed by atoms with Crippen molar-refractivity contribution in [2.24, 2.45) is 0 Å². The Bertz CT molecular complexity index is 763. The lowest BCUT2D eigenvalue weighted by molar-refractivity contribution is -0.132. The van der Waals surface area contributed by atoms with Gasteiger partial charge in [0.05, 0.1) is 18.2 Å². The normalized spacial score (nSPS) is 24.7. The zero-order valence-electron chi connectivity index (χ0n) is 14.9. The Labute approximate surface area is 153 Å². The zero-order chi connectivity index (χ0) is 18.0. The summed E-state index contributed by atoms with van der Waals surface area (Å²) in [5.74, 6) is 0.799. The second-order valence-electron chi connectivity index (χ2n) is 7.39. The molecule has 2 N–H and O–H groups in total. The molecule has 1 saturated heterocycles. The quantitative estimate of drug-likeness (QED) is 0.884. The van der Waals surface area contributed by atoms with E-state index in [-0.39, 0.29) is 12.5 Å². The molecule has 0 saturated carbocycles. The molecule has 2 aliphatic rings. The van der Waals surface area contributed by atoms with Crippen LogP contribution in [-0.4, -0.2) is 30.8 Å². The molecule has 1 fully saturated rings. The number of aryl methyl sites for hydroxylation is 1. The van der Waals surface area contributed by atoms with E-state index in [2.05, 4.69) is 5.32 Å². The van der Waals surface area contributed by atoms with Gasteiger partial charge in [-0.15, -0.1) is 0 Å². The van der Waals surface area contributed by atoms with Crippen LogP contribution >= 0.6 is 0 Å². The molecule has 138 valence electrons. The molecule has 26 heavy (non-hydrogen) atoms. The summed E-state index contributed by atoms with van der Waals surface area (Å²) in [6.07, 6.45) is 5.23. The van der Waals surface area contributed by atoms with Crippen LogP contribution in [0.15, 0.2) is 47.1 Å². The largest absolute Gasteiger partial charge is 0.469 e. The van der Waals surface area contributed by atoms with Crippen molar-refractivity contribution in [2.75, 3.05) is 19.8 Å². The maximum absolute atomic E-state index is 13.3. The fourth-order valence-corrected chi connectivity index (χ4v) is 4.33. The van der Waals surface area contributed by atoms with Gasteiger partial charge in [-0.05, 0) is 37.3 Å². The first-order valence-electron chi connectivity index (χ1n) is 9.35. The molecule has 4 rings (SSSR count). The minimum Gasteiger partial charge on any atom is -0.469 e. The SMILES string of the molecule is O=C(NCC1(O)CCCc2occc21)C1(c2ccccc2)CCOCC1. The highest BCUT2D eigenvalue weighted by atomic mass is 16.5. The summed E-state index contributed by atoms with van der Waals surface area (Å²) in [7, 11) is 0. The Kier molecular flexibility index (Phi) is 4.59. The summed E-state index contributed by atoms with van der Waals surface area (Å²) < 4.78 is 11.0. The molecule has 1 aromatic heterocycles. The number of fused-ring (bicyclic) bond motifs is 1. The van der Waals surface area contributed by atoms with E-state index >= 15 is 0 Å². The van der Waals surface area contributed by atoms with Crippen molar-refractivity contribution in [2.45, 2.75) is 43.1 Å². The van der Waals surface area contributed by atoms with Gasteiger partial charge in [0, 0.05) is 25.2 Å². The third kappa shape index (κ3) is 2.95. The van der Waals surface area contributed by atoms with E-state index in [9.17, 15) is 9.90 Å². The summed E-state index contributed by atoms with van der Waals surface area (Å²) in [5, 5.41) is 14.2. The summed E-state index contributed by atoms with van der Waals surface area (Å²) in [6, 6.07) is 11.7. The highest BCUT2D eigenvalue weighted by molar-refractivity contribution is 5.88. The van der Waals surface area contributed by atoms with Gasteiger partial charge in [-0.1, -0.05) is 30.3 Å². The lowest BCUT2D eigenvalue weighted by Gasteiger charge is -2.38. The number of benzene rings is 1. The van der Waals surface area contributed by atoms with Crippen molar-refractivity contribution in [1.82, 2.24) is 5.32 Å². The van der Waals surface area contributed by atoms with E-state index in [1.807, 2.05) is 36.4 Å². The molecule has 1 atom stereocenters. The molecule has 0 spiro atoms. The molecule has 5 heteroatoms. The smallest absolute Gasteiger partial charge is 0.230 e. The lowest BCUT2D eigenvalue weighted by atomic mass is 9.73. The van der Waals surface area contributed by atoms with Gasteiger partial charge in [0.1, 0.15) is 11.4 Å². The van der Waals surface area contributed by atoms with Crippen LogP contribution < -0.4 is 5.32 Å². The zero-order valence-corrected chi connectivity index (χ0v) is 14.9. The Morgan fingerprint density at radius 3 is 2.65 bits per heavy atom. The first-order valence-corrected chi connectivity index (χ1v) is 9.35. The minimum absolute atomic E-state index is 0.0314. The van der Waals surface area contributed by atoms with Crippen LogP contribution in [-0.2, 0) is 27.0 Å². The van der Waals surface area contributed by atoms with E-state index < -0.39 is 11.0 Å². The molecule has 1 aliphatic heterocycles. The van der Waals surface area contributed by atoms with Crippen molar-refractivity contribution in [1.29, 1.82) is 0 Å². The monoisotopic (exact) mass is 355 g/mol. The number of carbonyl (C=O) groups is 1. The Hall–Kier alpha value is -2.11. The molecule has 1 aliphatic carbocycles. The van der Waals surface area contributed by atoms with Gasteiger partial charge in [0.25, 0.3) is 0 Å². The number of nitrogens with one attached hydrogen (secondary N) is 1. The first kappa shape index (κ1) is 17.3. The average Bonchev–Trinajstić information content (AvgIpc) is 3.18. The summed E-state index contributed by atoms with van der Waals surface area (Å²) >= 11 is 0. The molecule has 1 amide bonds. The van der Waals surface area contributed by atoms with Crippen molar-refractivity contribution in [3.8, 4) is 0 Å². The predicted molar refractivity (Wildman–Crippen MR) is 96.7 cm³/mol. The topological polar surface area (TPSA) is 71.7 Å². The maximum Gasteiger partial charge on any atom is 0.230 e. The molecular weight excluding hydrogens is 330 g/mol. The molecular formula is C21H25NO4. The van der Waals surface area contributed by atoms with Gasteiger partial charge in [-0.25, -0.2) is 0 Å². The van der Waals surface area contributed by atoms with Crippen LogP contribution in [0.5, 0.6) is 0 Å². The van der Waals surface area contributed by atoms with Gasteiger partial charge in [-0.2, -0.15) is 0 Å². The second-order valence-corrected chi connectivity index (χ2v) is 7.39. The molecule has 0 radical (unpaired) electrons. The van der Waals surface area contributed by atoms with Gasteiger partial charge in [-0.3, -0.25) is 4.79 Å². The van der Waals surface area contributed by atoms with E-state index in [4.69, 9.17) is 9.15 Å². The maximum atomic E-state index is 13.3.